The van der Waals surface area contributed by atoms with Crippen molar-refractivity contribution in [1.82, 2.24) is 0 Å². The minimum absolute atomic E-state index is 0.456. The Balaban J connectivity index is 2.09. The molecule has 0 aromatic heterocycles. The fraction of sp³-hybridized carbons (Fsp3) is 1.00. The van der Waals surface area contributed by atoms with E-state index in [9.17, 15) is 0 Å². The van der Waals surface area contributed by atoms with Gasteiger partial charge in [0.05, 0.1) is 0 Å². The molecule has 0 saturated heterocycles. The van der Waals surface area contributed by atoms with E-state index in [1.165, 1.54) is 19.3 Å². The van der Waals surface area contributed by atoms with Gasteiger partial charge >= 0.3 is 0 Å². The Labute approximate surface area is 57.6 Å². The van der Waals surface area contributed by atoms with Crippen LogP contribution in [0.15, 0.2) is 0 Å². The molecule has 1 saturated carbocycles. The summed E-state index contributed by atoms with van der Waals surface area (Å²) < 4.78 is 0. The molecule has 1 aliphatic carbocycles. The molecule has 1 heteroatoms. The van der Waals surface area contributed by atoms with Crippen LogP contribution in [0.4, 0.5) is 0 Å². The van der Waals surface area contributed by atoms with Crippen molar-refractivity contribution in [2.45, 2.75) is 39.2 Å². The largest absolute Gasteiger partial charge is 0.327 e. The molecule has 2 N–H and O–H groups in total. The van der Waals surface area contributed by atoms with E-state index in [-0.39, 0.29) is 0 Å². The molecule has 1 nitrogen and oxygen atoms in total. The van der Waals surface area contributed by atoms with Gasteiger partial charge in [-0.1, -0.05) is 26.7 Å². The van der Waals surface area contributed by atoms with Gasteiger partial charge in [-0.05, 0) is 18.3 Å². The van der Waals surface area contributed by atoms with Gasteiger partial charge < -0.3 is 5.73 Å². The van der Waals surface area contributed by atoms with Gasteiger partial charge in [-0.2, -0.15) is 0 Å². The molecule has 1 rings (SSSR count). The van der Waals surface area contributed by atoms with Gasteiger partial charge in [0.25, 0.3) is 0 Å². The molecular weight excluding hydrogens is 110 g/mol. The van der Waals surface area contributed by atoms with Crippen LogP contribution in [0, 0.1) is 11.8 Å². The standard InChI is InChI=1S/C8H17N/c1-6(2)8(9)5-7-3-4-7/h6-8H,3-5,9H2,1-2H3. The molecule has 1 unspecified atom stereocenters. The number of rotatable bonds is 3. The highest BCUT2D eigenvalue weighted by Crippen LogP contribution is 2.34. The van der Waals surface area contributed by atoms with Gasteiger partial charge in [-0.3, -0.25) is 0 Å². The average Bonchev–Trinajstić information content (AvgIpc) is 2.50. The normalized spacial score (nSPS) is 22.7. The minimum Gasteiger partial charge on any atom is -0.327 e. The number of hydrogen-bond acceptors (Lipinski definition) is 1. The lowest BCUT2D eigenvalue weighted by Crippen LogP contribution is -2.26. The Morgan fingerprint density at radius 2 is 2.00 bits per heavy atom. The molecular formula is C8H17N. The van der Waals surface area contributed by atoms with Crippen molar-refractivity contribution >= 4 is 0 Å². The smallest absolute Gasteiger partial charge is 0.00645 e. The fourth-order valence-electron chi connectivity index (χ4n) is 1.01. The van der Waals surface area contributed by atoms with Crippen LogP contribution < -0.4 is 5.73 Å². The second kappa shape index (κ2) is 2.70. The monoisotopic (exact) mass is 127 g/mol. The van der Waals surface area contributed by atoms with Crippen LogP contribution in [-0.2, 0) is 0 Å². The first-order valence-electron chi connectivity index (χ1n) is 3.95. The maximum atomic E-state index is 5.86. The van der Waals surface area contributed by atoms with E-state index in [1.54, 1.807) is 0 Å². The molecule has 54 valence electrons. The molecule has 1 aliphatic rings. The second-order valence-corrected chi connectivity index (χ2v) is 3.59. The van der Waals surface area contributed by atoms with E-state index in [4.69, 9.17) is 5.73 Å². The third kappa shape index (κ3) is 2.35. The Morgan fingerprint density at radius 1 is 1.44 bits per heavy atom. The van der Waals surface area contributed by atoms with E-state index >= 15 is 0 Å². The topological polar surface area (TPSA) is 26.0 Å². The molecule has 0 bridgehead atoms. The summed E-state index contributed by atoms with van der Waals surface area (Å²) in [5.74, 6) is 1.66. The summed E-state index contributed by atoms with van der Waals surface area (Å²) in [4.78, 5) is 0. The Hall–Kier alpha value is -0.0400. The van der Waals surface area contributed by atoms with Crippen molar-refractivity contribution in [2.75, 3.05) is 0 Å². The lowest BCUT2D eigenvalue weighted by Gasteiger charge is -2.13. The molecule has 0 aromatic rings. The van der Waals surface area contributed by atoms with Gasteiger partial charge in [0.2, 0.25) is 0 Å². The van der Waals surface area contributed by atoms with Crippen molar-refractivity contribution in [3.05, 3.63) is 0 Å². The minimum atomic E-state index is 0.456. The fourth-order valence-corrected chi connectivity index (χ4v) is 1.01. The van der Waals surface area contributed by atoms with Crippen molar-refractivity contribution < 1.29 is 0 Å². The van der Waals surface area contributed by atoms with Crippen molar-refractivity contribution in [2.24, 2.45) is 17.6 Å². The Kier molecular flexibility index (Phi) is 2.12. The van der Waals surface area contributed by atoms with Gasteiger partial charge in [0, 0.05) is 6.04 Å². The highest BCUT2D eigenvalue weighted by Gasteiger charge is 2.24. The summed E-state index contributed by atoms with van der Waals surface area (Å²) in [6, 6.07) is 0.456. The van der Waals surface area contributed by atoms with Gasteiger partial charge in [0.15, 0.2) is 0 Å². The molecule has 0 aromatic carbocycles. The molecule has 0 amide bonds. The van der Waals surface area contributed by atoms with E-state index < -0.39 is 0 Å². The summed E-state index contributed by atoms with van der Waals surface area (Å²) in [5.41, 5.74) is 5.86. The van der Waals surface area contributed by atoms with E-state index in [1.807, 2.05) is 0 Å². The first-order chi connectivity index (χ1) is 4.20. The zero-order chi connectivity index (χ0) is 6.85. The average molecular weight is 127 g/mol. The Morgan fingerprint density at radius 3 is 2.33 bits per heavy atom. The summed E-state index contributed by atoms with van der Waals surface area (Å²) in [6.07, 6.45) is 4.12. The van der Waals surface area contributed by atoms with E-state index in [0.29, 0.717) is 12.0 Å². The van der Waals surface area contributed by atoms with Gasteiger partial charge in [-0.25, -0.2) is 0 Å². The lowest BCUT2D eigenvalue weighted by molar-refractivity contribution is 0.443. The molecule has 0 radical (unpaired) electrons. The number of hydrogen-bond donors (Lipinski definition) is 1. The molecule has 9 heavy (non-hydrogen) atoms. The molecule has 1 atom stereocenters. The predicted octanol–water partition coefficient (Wildman–Crippen LogP) is 1.77. The van der Waals surface area contributed by atoms with Crippen molar-refractivity contribution in [3.63, 3.8) is 0 Å². The highest BCUT2D eigenvalue weighted by atomic mass is 14.6. The van der Waals surface area contributed by atoms with Crippen LogP contribution in [0.25, 0.3) is 0 Å². The second-order valence-electron chi connectivity index (χ2n) is 3.59. The summed E-state index contributed by atoms with van der Waals surface area (Å²) >= 11 is 0. The van der Waals surface area contributed by atoms with Crippen molar-refractivity contribution in [1.29, 1.82) is 0 Å². The van der Waals surface area contributed by atoms with Crippen LogP contribution in [-0.4, -0.2) is 6.04 Å². The molecule has 0 aliphatic heterocycles. The molecule has 1 fully saturated rings. The zero-order valence-corrected chi connectivity index (χ0v) is 6.43. The van der Waals surface area contributed by atoms with Crippen LogP contribution in [0.1, 0.15) is 33.1 Å². The first-order valence-corrected chi connectivity index (χ1v) is 3.95. The SMILES string of the molecule is CC(C)C(N)CC1CC1. The predicted molar refractivity (Wildman–Crippen MR) is 40.2 cm³/mol. The summed E-state index contributed by atoms with van der Waals surface area (Å²) in [7, 11) is 0. The number of nitrogens with two attached hydrogens (primary N) is 1. The van der Waals surface area contributed by atoms with Crippen LogP contribution in [0.5, 0.6) is 0 Å². The maximum Gasteiger partial charge on any atom is 0.00645 e. The molecule has 0 spiro atoms. The third-order valence-electron chi connectivity index (χ3n) is 2.16. The quantitative estimate of drug-likeness (QED) is 0.614. The van der Waals surface area contributed by atoms with Crippen LogP contribution >= 0.6 is 0 Å². The summed E-state index contributed by atoms with van der Waals surface area (Å²) in [5, 5.41) is 0. The van der Waals surface area contributed by atoms with Gasteiger partial charge in [-0.15, -0.1) is 0 Å². The van der Waals surface area contributed by atoms with Gasteiger partial charge in [0.1, 0.15) is 0 Å². The van der Waals surface area contributed by atoms with E-state index in [2.05, 4.69) is 13.8 Å². The Bertz CT molecular complexity index is 84.6. The summed E-state index contributed by atoms with van der Waals surface area (Å²) in [6.45, 7) is 4.40. The first kappa shape index (κ1) is 7.07. The van der Waals surface area contributed by atoms with Crippen LogP contribution in [0.2, 0.25) is 0 Å². The van der Waals surface area contributed by atoms with E-state index in [0.717, 1.165) is 5.92 Å². The maximum absolute atomic E-state index is 5.86. The van der Waals surface area contributed by atoms with Crippen molar-refractivity contribution in [3.8, 4) is 0 Å². The zero-order valence-electron chi connectivity index (χ0n) is 6.43. The van der Waals surface area contributed by atoms with Crippen LogP contribution in [0.3, 0.4) is 0 Å². The lowest BCUT2D eigenvalue weighted by atomic mass is 10.00. The molecule has 0 heterocycles. The third-order valence-corrected chi connectivity index (χ3v) is 2.16. The highest BCUT2D eigenvalue weighted by molar-refractivity contribution is 4.79.